The number of anilines is 2. The van der Waals surface area contributed by atoms with Gasteiger partial charge in [-0.25, -0.2) is 4.39 Å². The highest BCUT2D eigenvalue weighted by Crippen LogP contribution is 2.30. The van der Waals surface area contributed by atoms with E-state index in [4.69, 9.17) is 0 Å². The molecule has 0 bridgehead atoms. The van der Waals surface area contributed by atoms with E-state index in [1.54, 1.807) is 31.5 Å². The third-order valence-corrected chi connectivity index (χ3v) is 4.26. The van der Waals surface area contributed by atoms with Crippen molar-refractivity contribution in [2.45, 2.75) is 33.8 Å². The van der Waals surface area contributed by atoms with Crippen molar-refractivity contribution in [2.75, 3.05) is 11.9 Å². The van der Waals surface area contributed by atoms with Crippen LogP contribution < -0.4 is 10.6 Å². The van der Waals surface area contributed by atoms with Crippen LogP contribution in [0.5, 0.6) is 0 Å². The molecule has 3 heterocycles. The molecule has 0 aliphatic heterocycles. The van der Waals surface area contributed by atoms with Crippen LogP contribution in [0, 0.1) is 5.82 Å². The summed E-state index contributed by atoms with van der Waals surface area (Å²) in [7, 11) is 0. The SMILES string of the molecule is C=C(C)c1cnc(-c2ncccc2F)cc1Nc1ccncc1C(=O)NCC(C)O.CC. The van der Waals surface area contributed by atoms with Crippen LogP contribution in [0.25, 0.3) is 17.0 Å². The average Bonchev–Trinajstić information content (AvgIpc) is 2.79. The first-order valence-electron chi connectivity index (χ1n) is 10.3. The summed E-state index contributed by atoms with van der Waals surface area (Å²) < 4.78 is 14.2. The molecule has 0 spiro atoms. The second kappa shape index (κ2) is 11.7. The summed E-state index contributed by atoms with van der Waals surface area (Å²) in [4.78, 5) is 24.9. The smallest absolute Gasteiger partial charge is 0.255 e. The van der Waals surface area contributed by atoms with Crippen LogP contribution in [0.2, 0.25) is 0 Å². The van der Waals surface area contributed by atoms with Crippen molar-refractivity contribution >= 4 is 22.9 Å². The van der Waals surface area contributed by atoms with Crippen molar-refractivity contribution in [1.29, 1.82) is 0 Å². The van der Waals surface area contributed by atoms with Gasteiger partial charge < -0.3 is 15.7 Å². The van der Waals surface area contributed by atoms with E-state index < -0.39 is 11.9 Å². The van der Waals surface area contributed by atoms with Crippen molar-refractivity contribution in [1.82, 2.24) is 20.3 Å². The number of aliphatic hydroxyl groups is 1. The van der Waals surface area contributed by atoms with Crippen molar-refractivity contribution in [3.8, 4) is 11.4 Å². The fourth-order valence-electron chi connectivity index (χ4n) is 2.77. The monoisotopic (exact) mass is 437 g/mol. The molecule has 0 radical (unpaired) electrons. The second-order valence-electron chi connectivity index (χ2n) is 6.83. The zero-order chi connectivity index (χ0) is 23.7. The molecule has 0 saturated carbocycles. The van der Waals surface area contributed by atoms with Crippen molar-refractivity contribution in [2.24, 2.45) is 0 Å². The third kappa shape index (κ3) is 6.18. The summed E-state index contributed by atoms with van der Waals surface area (Å²) in [6, 6.07) is 6.14. The minimum absolute atomic E-state index is 0.114. The van der Waals surface area contributed by atoms with Crippen LogP contribution in [0.4, 0.5) is 15.8 Å². The first-order chi connectivity index (χ1) is 15.4. The lowest BCUT2D eigenvalue weighted by Crippen LogP contribution is -2.31. The molecule has 0 saturated heterocycles. The lowest BCUT2D eigenvalue weighted by atomic mass is 10.1. The number of pyridine rings is 3. The van der Waals surface area contributed by atoms with Crippen LogP contribution in [0.1, 0.15) is 43.6 Å². The van der Waals surface area contributed by atoms with E-state index in [-0.39, 0.29) is 18.1 Å². The van der Waals surface area contributed by atoms with E-state index >= 15 is 0 Å². The van der Waals surface area contributed by atoms with Crippen LogP contribution in [-0.4, -0.2) is 38.6 Å². The molecular formula is C24H28FN5O2. The van der Waals surface area contributed by atoms with Crippen molar-refractivity contribution in [3.05, 3.63) is 72.6 Å². The molecule has 168 valence electrons. The Kier molecular flexibility index (Phi) is 8.97. The maximum absolute atomic E-state index is 14.2. The van der Waals surface area contributed by atoms with Gasteiger partial charge in [0.2, 0.25) is 0 Å². The van der Waals surface area contributed by atoms with Gasteiger partial charge in [0, 0.05) is 42.6 Å². The van der Waals surface area contributed by atoms with E-state index in [2.05, 4.69) is 32.2 Å². The quantitative estimate of drug-likeness (QED) is 0.500. The van der Waals surface area contributed by atoms with Gasteiger partial charge in [-0.2, -0.15) is 0 Å². The summed E-state index contributed by atoms with van der Waals surface area (Å²) in [6.07, 6.45) is 5.39. The Morgan fingerprint density at radius 1 is 1.16 bits per heavy atom. The van der Waals surface area contributed by atoms with Gasteiger partial charge in [-0.15, -0.1) is 0 Å². The molecule has 7 nitrogen and oxygen atoms in total. The van der Waals surface area contributed by atoms with E-state index in [9.17, 15) is 14.3 Å². The van der Waals surface area contributed by atoms with E-state index in [1.807, 2.05) is 20.8 Å². The Bertz CT molecular complexity index is 1090. The number of allylic oxidation sites excluding steroid dienone is 1. The number of amides is 1. The molecule has 1 amide bonds. The summed E-state index contributed by atoms with van der Waals surface area (Å²) in [5.74, 6) is -0.866. The largest absolute Gasteiger partial charge is 0.392 e. The Morgan fingerprint density at radius 2 is 1.91 bits per heavy atom. The number of hydrogen-bond donors (Lipinski definition) is 3. The predicted molar refractivity (Wildman–Crippen MR) is 125 cm³/mol. The summed E-state index contributed by atoms with van der Waals surface area (Å²) in [6.45, 7) is 11.5. The predicted octanol–water partition coefficient (Wildman–Crippen LogP) is 4.59. The number of nitrogens with one attached hydrogen (secondary N) is 2. The molecule has 8 heteroatoms. The molecule has 1 unspecified atom stereocenters. The molecule has 0 aliphatic rings. The third-order valence-electron chi connectivity index (χ3n) is 4.26. The number of rotatable bonds is 7. The molecular weight excluding hydrogens is 409 g/mol. The molecule has 3 rings (SSSR count). The van der Waals surface area contributed by atoms with Crippen molar-refractivity contribution < 1.29 is 14.3 Å². The van der Waals surface area contributed by atoms with Gasteiger partial charge >= 0.3 is 0 Å². The van der Waals surface area contributed by atoms with Gasteiger partial charge in [-0.05, 0) is 43.7 Å². The highest BCUT2D eigenvalue weighted by Gasteiger charge is 2.16. The van der Waals surface area contributed by atoms with E-state index in [1.165, 1.54) is 24.5 Å². The Morgan fingerprint density at radius 3 is 2.56 bits per heavy atom. The number of carbonyl (C=O) groups is 1. The van der Waals surface area contributed by atoms with Crippen LogP contribution in [0.3, 0.4) is 0 Å². The van der Waals surface area contributed by atoms with E-state index in [0.717, 1.165) is 5.57 Å². The van der Waals surface area contributed by atoms with Gasteiger partial charge in [-0.1, -0.05) is 20.4 Å². The first kappa shape index (κ1) is 24.6. The maximum atomic E-state index is 14.2. The van der Waals surface area contributed by atoms with Gasteiger partial charge in [0.25, 0.3) is 5.91 Å². The number of hydrogen-bond acceptors (Lipinski definition) is 6. The lowest BCUT2D eigenvalue weighted by Gasteiger charge is -2.16. The van der Waals surface area contributed by atoms with Gasteiger partial charge in [0.15, 0.2) is 5.82 Å². The maximum Gasteiger partial charge on any atom is 0.255 e. The average molecular weight is 438 g/mol. The molecule has 0 aromatic carbocycles. The molecule has 3 aromatic heterocycles. The van der Waals surface area contributed by atoms with Gasteiger partial charge in [0.05, 0.1) is 23.0 Å². The topological polar surface area (TPSA) is 100 Å². The minimum atomic E-state index is -0.673. The molecule has 0 fully saturated rings. The number of halogens is 1. The van der Waals surface area contributed by atoms with Gasteiger partial charge in [-0.3, -0.25) is 19.7 Å². The standard InChI is InChI=1S/C22H22FN5O2.C2H6/c1-13(2)15-12-26-20(21-17(23)5-4-7-25-21)9-19(15)28-18-6-8-24-11-16(18)22(30)27-10-14(3)29;1-2/h4-9,11-12,14,29H,1,10H2,2-3H3,(H,27,30)(H,24,26,28);1-2H3. The molecule has 3 aromatic rings. The molecule has 0 aliphatic carbocycles. The minimum Gasteiger partial charge on any atom is -0.392 e. The summed E-state index contributed by atoms with van der Waals surface area (Å²) in [5, 5.41) is 15.3. The highest BCUT2D eigenvalue weighted by atomic mass is 19.1. The number of carbonyl (C=O) groups excluding carboxylic acids is 1. The molecule has 1 atom stereocenters. The number of aliphatic hydroxyl groups excluding tert-OH is 1. The zero-order valence-corrected chi connectivity index (χ0v) is 18.7. The molecule has 3 N–H and O–H groups in total. The number of aromatic nitrogens is 3. The van der Waals surface area contributed by atoms with Crippen LogP contribution >= 0.6 is 0 Å². The lowest BCUT2D eigenvalue weighted by molar-refractivity contribution is 0.0924. The fraction of sp³-hybridized carbons (Fsp3) is 0.250. The van der Waals surface area contributed by atoms with Crippen molar-refractivity contribution in [3.63, 3.8) is 0 Å². The second-order valence-corrected chi connectivity index (χ2v) is 6.83. The fourth-order valence-corrected chi connectivity index (χ4v) is 2.77. The van der Waals surface area contributed by atoms with Crippen LogP contribution in [-0.2, 0) is 0 Å². The van der Waals surface area contributed by atoms with Crippen LogP contribution in [0.15, 0.2) is 55.6 Å². The molecule has 32 heavy (non-hydrogen) atoms. The Labute approximate surface area is 187 Å². The van der Waals surface area contributed by atoms with Gasteiger partial charge in [0.1, 0.15) is 5.69 Å². The Balaban J connectivity index is 0.00000176. The first-order valence-corrected chi connectivity index (χ1v) is 10.3. The zero-order valence-electron chi connectivity index (χ0n) is 18.7. The highest BCUT2D eigenvalue weighted by molar-refractivity contribution is 6.00. The Hall–Kier alpha value is -3.65. The normalized spacial score (nSPS) is 11.1. The number of nitrogens with zero attached hydrogens (tertiary/aromatic N) is 3. The summed E-state index contributed by atoms with van der Waals surface area (Å²) in [5.41, 5.74) is 3.30. The van der Waals surface area contributed by atoms with E-state index in [0.29, 0.717) is 28.2 Å². The summed E-state index contributed by atoms with van der Waals surface area (Å²) >= 11 is 0.